The minimum Gasteiger partial charge on any atom is -0.462 e. The van der Waals surface area contributed by atoms with E-state index in [1.165, 1.54) is 0 Å². The predicted octanol–water partition coefficient (Wildman–Crippen LogP) is 3.37. The van der Waals surface area contributed by atoms with E-state index in [9.17, 15) is 4.79 Å². The normalized spacial score (nSPS) is 10.8. The van der Waals surface area contributed by atoms with Gasteiger partial charge in [-0.3, -0.25) is 0 Å². The van der Waals surface area contributed by atoms with Gasteiger partial charge in [-0.2, -0.15) is 0 Å². The van der Waals surface area contributed by atoms with Crippen molar-refractivity contribution >= 4 is 16.9 Å². The number of esters is 1. The molecule has 1 aromatic carbocycles. The van der Waals surface area contributed by atoms with Crippen molar-refractivity contribution in [2.75, 3.05) is 6.61 Å². The van der Waals surface area contributed by atoms with Gasteiger partial charge >= 0.3 is 5.97 Å². The van der Waals surface area contributed by atoms with Crippen LogP contribution in [-0.4, -0.2) is 22.7 Å². The lowest BCUT2D eigenvalue weighted by Gasteiger charge is -2.03. The van der Waals surface area contributed by atoms with Gasteiger partial charge in [0.1, 0.15) is 17.0 Å². The van der Waals surface area contributed by atoms with Crippen molar-refractivity contribution in [3.63, 3.8) is 0 Å². The quantitative estimate of drug-likeness (QED) is 0.689. The number of rotatable bonds is 3. The van der Waals surface area contributed by atoms with Crippen LogP contribution < -0.4 is 0 Å². The Morgan fingerprint density at radius 1 is 1.24 bits per heavy atom. The Bertz CT molecular complexity index is 808. The van der Waals surface area contributed by atoms with Crippen molar-refractivity contribution in [1.82, 2.24) is 10.1 Å². The molecule has 0 aliphatic carbocycles. The lowest BCUT2D eigenvalue weighted by atomic mass is 10.1. The molecule has 21 heavy (non-hydrogen) atoms. The summed E-state index contributed by atoms with van der Waals surface area (Å²) >= 11 is 0. The summed E-state index contributed by atoms with van der Waals surface area (Å²) < 4.78 is 10.2. The van der Waals surface area contributed by atoms with E-state index in [0.717, 1.165) is 10.9 Å². The second-order valence-corrected chi connectivity index (χ2v) is 4.57. The number of hydrogen-bond donors (Lipinski definition) is 0. The average Bonchev–Trinajstić information content (AvgIpc) is 2.89. The third-order valence-electron chi connectivity index (χ3n) is 3.18. The monoisotopic (exact) mass is 282 g/mol. The first kappa shape index (κ1) is 13.3. The van der Waals surface area contributed by atoms with E-state index >= 15 is 0 Å². The summed E-state index contributed by atoms with van der Waals surface area (Å²) in [5.74, 6) is -0.0142. The zero-order chi connectivity index (χ0) is 14.8. The molecule has 3 rings (SSSR count). The highest BCUT2D eigenvalue weighted by Crippen LogP contribution is 2.26. The fraction of sp³-hybridized carbons (Fsp3) is 0.188. The summed E-state index contributed by atoms with van der Waals surface area (Å²) in [4.78, 5) is 16.6. The van der Waals surface area contributed by atoms with Crippen LogP contribution in [0.1, 0.15) is 23.0 Å². The van der Waals surface area contributed by atoms with E-state index < -0.39 is 5.97 Å². The van der Waals surface area contributed by atoms with Crippen LogP contribution in [0.15, 0.2) is 40.9 Å². The maximum Gasteiger partial charge on any atom is 0.344 e. The Morgan fingerprint density at radius 3 is 2.86 bits per heavy atom. The van der Waals surface area contributed by atoms with Crippen LogP contribution in [0.5, 0.6) is 0 Å². The van der Waals surface area contributed by atoms with Gasteiger partial charge in [-0.25, -0.2) is 9.78 Å². The van der Waals surface area contributed by atoms with Gasteiger partial charge in [0.05, 0.1) is 17.8 Å². The molecule has 5 nitrogen and oxygen atoms in total. The minimum atomic E-state index is -0.443. The number of benzene rings is 1. The van der Waals surface area contributed by atoms with Gasteiger partial charge < -0.3 is 9.26 Å². The number of hydrogen-bond acceptors (Lipinski definition) is 5. The number of para-hydroxylation sites is 1. The Kier molecular flexibility index (Phi) is 3.39. The molecule has 3 aromatic rings. The first-order chi connectivity index (χ1) is 10.2. The molecular formula is C16H14N2O3. The van der Waals surface area contributed by atoms with Crippen LogP contribution in [0.25, 0.3) is 22.3 Å². The van der Waals surface area contributed by atoms with E-state index in [1.54, 1.807) is 13.8 Å². The number of ether oxygens (including phenoxy) is 1. The van der Waals surface area contributed by atoms with Gasteiger partial charge in [0, 0.05) is 5.39 Å². The Labute approximate surface area is 121 Å². The highest BCUT2D eigenvalue weighted by Gasteiger charge is 2.23. The van der Waals surface area contributed by atoms with Crippen LogP contribution in [0, 0.1) is 6.92 Å². The summed E-state index contributed by atoms with van der Waals surface area (Å²) in [5, 5.41) is 4.98. The smallest absolute Gasteiger partial charge is 0.344 e. The molecule has 0 bridgehead atoms. The molecule has 0 radical (unpaired) electrons. The number of fused-ring (bicyclic) bond motifs is 1. The van der Waals surface area contributed by atoms with E-state index in [2.05, 4.69) is 10.1 Å². The molecule has 2 aromatic heterocycles. The highest BCUT2D eigenvalue weighted by atomic mass is 16.5. The van der Waals surface area contributed by atoms with Gasteiger partial charge in [-0.15, -0.1) is 0 Å². The molecule has 0 amide bonds. The number of carbonyl (C=O) groups excluding carboxylic acids is 1. The Morgan fingerprint density at radius 2 is 2.05 bits per heavy atom. The molecule has 5 heteroatoms. The lowest BCUT2D eigenvalue weighted by Crippen LogP contribution is -2.07. The SMILES string of the molecule is CCOC(=O)c1c(-c2ccc3ccccc3n2)noc1C. The van der Waals surface area contributed by atoms with Crippen molar-refractivity contribution in [2.24, 2.45) is 0 Å². The van der Waals surface area contributed by atoms with Gasteiger partial charge in [0.25, 0.3) is 0 Å². The fourth-order valence-corrected chi connectivity index (χ4v) is 2.19. The first-order valence-electron chi connectivity index (χ1n) is 6.70. The van der Waals surface area contributed by atoms with E-state index in [1.807, 2.05) is 36.4 Å². The number of aromatic nitrogens is 2. The largest absolute Gasteiger partial charge is 0.462 e. The molecule has 0 atom stereocenters. The zero-order valence-electron chi connectivity index (χ0n) is 11.8. The third-order valence-corrected chi connectivity index (χ3v) is 3.18. The van der Waals surface area contributed by atoms with Crippen LogP contribution in [0.4, 0.5) is 0 Å². The summed E-state index contributed by atoms with van der Waals surface area (Å²) in [7, 11) is 0. The molecule has 0 saturated heterocycles. The molecule has 0 saturated carbocycles. The van der Waals surface area contributed by atoms with Gasteiger partial charge in [0.2, 0.25) is 0 Å². The predicted molar refractivity (Wildman–Crippen MR) is 77.9 cm³/mol. The number of pyridine rings is 1. The second kappa shape index (κ2) is 5.36. The Balaban J connectivity index is 2.12. The minimum absolute atomic E-state index is 0.300. The van der Waals surface area contributed by atoms with Crippen LogP contribution in [0.2, 0.25) is 0 Å². The van der Waals surface area contributed by atoms with Gasteiger partial charge in [-0.05, 0) is 26.0 Å². The summed E-state index contributed by atoms with van der Waals surface area (Å²) in [6.07, 6.45) is 0. The summed E-state index contributed by atoms with van der Waals surface area (Å²) in [6.45, 7) is 3.74. The maximum absolute atomic E-state index is 12.0. The molecule has 2 heterocycles. The third kappa shape index (κ3) is 2.38. The first-order valence-corrected chi connectivity index (χ1v) is 6.70. The topological polar surface area (TPSA) is 65.2 Å². The number of carbonyl (C=O) groups is 1. The molecule has 0 N–H and O–H groups in total. The summed E-state index contributed by atoms with van der Waals surface area (Å²) in [5.41, 5.74) is 2.18. The summed E-state index contributed by atoms with van der Waals surface area (Å²) in [6, 6.07) is 11.5. The van der Waals surface area contributed by atoms with E-state index in [-0.39, 0.29) is 0 Å². The maximum atomic E-state index is 12.0. The van der Waals surface area contributed by atoms with E-state index in [4.69, 9.17) is 9.26 Å². The second-order valence-electron chi connectivity index (χ2n) is 4.57. The standard InChI is InChI=1S/C16H14N2O3/c1-3-20-16(19)14-10(2)21-18-15(14)13-9-8-11-6-4-5-7-12(11)17-13/h4-9H,3H2,1-2H3. The fourth-order valence-electron chi connectivity index (χ4n) is 2.19. The van der Waals surface area contributed by atoms with Crippen LogP contribution in [0.3, 0.4) is 0 Å². The molecular weight excluding hydrogens is 268 g/mol. The molecule has 106 valence electrons. The molecule has 0 unspecified atom stereocenters. The number of aryl methyl sites for hydroxylation is 1. The van der Waals surface area contributed by atoms with Crippen molar-refractivity contribution in [3.8, 4) is 11.4 Å². The Hall–Kier alpha value is -2.69. The molecule has 0 aliphatic rings. The van der Waals surface area contributed by atoms with E-state index in [0.29, 0.717) is 29.3 Å². The molecule has 0 fully saturated rings. The van der Waals surface area contributed by atoms with Crippen molar-refractivity contribution in [1.29, 1.82) is 0 Å². The van der Waals surface area contributed by atoms with Gasteiger partial charge in [-0.1, -0.05) is 29.4 Å². The molecule has 0 spiro atoms. The van der Waals surface area contributed by atoms with Crippen molar-refractivity contribution in [3.05, 3.63) is 47.7 Å². The van der Waals surface area contributed by atoms with Gasteiger partial charge in [0.15, 0.2) is 0 Å². The highest BCUT2D eigenvalue weighted by molar-refractivity contribution is 5.97. The van der Waals surface area contributed by atoms with Crippen molar-refractivity contribution < 1.29 is 14.1 Å². The van der Waals surface area contributed by atoms with Crippen LogP contribution in [-0.2, 0) is 4.74 Å². The number of nitrogens with zero attached hydrogens (tertiary/aromatic N) is 2. The lowest BCUT2D eigenvalue weighted by molar-refractivity contribution is 0.0525. The molecule has 0 aliphatic heterocycles. The average molecular weight is 282 g/mol. The van der Waals surface area contributed by atoms with Crippen molar-refractivity contribution in [2.45, 2.75) is 13.8 Å². The van der Waals surface area contributed by atoms with Crippen LogP contribution >= 0.6 is 0 Å². The zero-order valence-corrected chi connectivity index (χ0v) is 11.8.